The zero-order valence-electron chi connectivity index (χ0n) is 12.7. The number of hydrogen-bond acceptors (Lipinski definition) is 4. The first-order valence-electron chi connectivity index (χ1n) is 7.18. The summed E-state index contributed by atoms with van der Waals surface area (Å²) >= 11 is 6.22. The minimum Gasteiger partial charge on any atom is -0.479 e. The van der Waals surface area contributed by atoms with E-state index in [1.165, 1.54) is 19.1 Å². The molecule has 24 heavy (non-hydrogen) atoms. The zero-order valence-corrected chi connectivity index (χ0v) is 13.4. The number of carbonyl (C=O) groups is 1. The van der Waals surface area contributed by atoms with Crippen molar-refractivity contribution < 1.29 is 19.1 Å². The number of hydrogen-bond donors (Lipinski definition) is 1. The predicted molar refractivity (Wildman–Crippen MR) is 90.7 cm³/mol. The molecule has 0 radical (unpaired) electrons. The highest BCUT2D eigenvalue weighted by atomic mass is 35.5. The van der Waals surface area contributed by atoms with E-state index < -0.39 is 17.7 Å². The summed E-state index contributed by atoms with van der Waals surface area (Å²) in [5.41, 5.74) is 1.13. The maximum Gasteiger partial charge on any atom is 0.344 e. The molecule has 5 nitrogen and oxygen atoms in total. The predicted octanol–water partition coefficient (Wildman–Crippen LogP) is 3.97. The number of aliphatic carboxylic acids is 1. The Balaban J connectivity index is 2.14. The van der Waals surface area contributed by atoms with Crippen LogP contribution >= 0.6 is 11.6 Å². The molecule has 0 bridgehead atoms. The van der Waals surface area contributed by atoms with Gasteiger partial charge in [0.2, 0.25) is 0 Å². The Hall–Kier alpha value is -2.79. The third-order valence-electron chi connectivity index (χ3n) is 3.54. The fourth-order valence-electron chi connectivity index (χ4n) is 2.37. The monoisotopic (exact) mass is 344 g/mol. The standard InChI is InChI=1S/C18H13ClO5/c1-10(18(21)22)23-11-6-7-13-14(9-17(20)24-16(13)8-11)12-4-2-3-5-15(12)19/h2-10H,1H3,(H,21,22)/t10-/m1/s1. The molecule has 122 valence electrons. The van der Waals surface area contributed by atoms with Gasteiger partial charge in [-0.3, -0.25) is 0 Å². The Kier molecular flexibility index (Phi) is 4.27. The quantitative estimate of drug-likeness (QED) is 0.725. The molecule has 6 heteroatoms. The molecule has 0 unspecified atom stereocenters. The number of rotatable bonds is 4. The maximum atomic E-state index is 11.9. The summed E-state index contributed by atoms with van der Waals surface area (Å²) in [4.78, 5) is 22.8. The first-order chi connectivity index (χ1) is 11.5. The van der Waals surface area contributed by atoms with E-state index in [4.69, 9.17) is 25.9 Å². The Morgan fingerprint density at radius 3 is 2.62 bits per heavy atom. The second-order valence-corrected chi connectivity index (χ2v) is 5.62. The fraction of sp³-hybridized carbons (Fsp3) is 0.111. The van der Waals surface area contributed by atoms with Crippen molar-refractivity contribution in [1.29, 1.82) is 0 Å². The molecular weight excluding hydrogens is 332 g/mol. The summed E-state index contributed by atoms with van der Waals surface area (Å²) in [7, 11) is 0. The van der Waals surface area contributed by atoms with Gasteiger partial charge in [-0.15, -0.1) is 0 Å². The number of fused-ring (bicyclic) bond motifs is 1. The van der Waals surface area contributed by atoms with Gasteiger partial charge in [0, 0.05) is 33.7 Å². The lowest BCUT2D eigenvalue weighted by molar-refractivity contribution is -0.144. The van der Waals surface area contributed by atoms with Crippen molar-refractivity contribution in [3.05, 3.63) is 64.0 Å². The van der Waals surface area contributed by atoms with Gasteiger partial charge >= 0.3 is 11.6 Å². The fourth-order valence-corrected chi connectivity index (χ4v) is 2.61. The van der Waals surface area contributed by atoms with Crippen LogP contribution in [0.2, 0.25) is 5.02 Å². The number of carboxylic acid groups (broad SMARTS) is 1. The molecule has 0 saturated heterocycles. The van der Waals surface area contributed by atoms with Crippen LogP contribution in [0.1, 0.15) is 6.92 Å². The number of carboxylic acids is 1. The minimum atomic E-state index is -1.08. The molecule has 1 atom stereocenters. The number of ether oxygens (including phenoxy) is 1. The SMILES string of the molecule is C[C@@H](Oc1ccc2c(-c3ccccc3Cl)cc(=O)oc2c1)C(=O)O. The Bertz CT molecular complexity index is 977. The maximum absolute atomic E-state index is 11.9. The Morgan fingerprint density at radius 2 is 1.92 bits per heavy atom. The average molecular weight is 345 g/mol. The molecule has 0 fully saturated rings. The highest BCUT2D eigenvalue weighted by Crippen LogP contribution is 2.33. The van der Waals surface area contributed by atoms with Crippen LogP contribution in [-0.4, -0.2) is 17.2 Å². The van der Waals surface area contributed by atoms with E-state index in [0.29, 0.717) is 32.9 Å². The summed E-state index contributed by atoms with van der Waals surface area (Å²) in [6.07, 6.45) is -1.01. The molecule has 2 aromatic carbocycles. The molecule has 3 rings (SSSR count). The molecule has 0 saturated carbocycles. The molecule has 0 spiro atoms. The first-order valence-corrected chi connectivity index (χ1v) is 7.56. The first kappa shape index (κ1) is 16.1. The van der Waals surface area contributed by atoms with E-state index >= 15 is 0 Å². The molecule has 0 aliphatic carbocycles. The molecule has 3 aromatic rings. The molecule has 0 aliphatic rings. The third kappa shape index (κ3) is 3.12. The lowest BCUT2D eigenvalue weighted by atomic mass is 10.0. The molecule has 0 aliphatic heterocycles. The third-order valence-corrected chi connectivity index (χ3v) is 3.87. The van der Waals surface area contributed by atoms with E-state index in [-0.39, 0.29) is 0 Å². The van der Waals surface area contributed by atoms with Gasteiger partial charge in [-0.2, -0.15) is 0 Å². The molecule has 1 aromatic heterocycles. The number of halogens is 1. The van der Waals surface area contributed by atoms with E-state index in [9.17, 15) is 9.59 Å². The van der Waals surface area contributed by atoms with Crippen molar-refractivity contribution in [3.63, 3.8) is 0 Å². The van der Waals surface area contributed by atoms with Crippen LogP contribution in [0.25, 0.3) is 22.1 Å². The lowest BCUT2D eigenvalue weighted by Gasteiger charge is -2.12. The van der Waals surface area contributed by atoms with Gasteiger partial charge in [-0.1, -0.05) is 29.8 Å². The smallest absolute Gasteiger partial charge is 0.344 e. The van der Waals surface area contributed by atoms with Crippen LogP contribution in [0.15, 0.2) is 57.7 Å². The molecule has 1 N–H and O–H groups in total. The van der Waals surface area contributed by atoms with Crippen LogP contribution in [0.3, 0.4) is 0 Å². The van der Waals surface area contributed by atoms with Gasteiger partial charge in [0.05, 0.1) is 0 Å². The average Bonchev–Trinajstić information content (AvgIpc) is 2.54. The van der Waals surface area contributed by atoms with Crippen molar-refractivity contribution >= 4 is 28.5 Å². The topological polar surface area (TPSA) is 76.7 Å². The summed E-state index contributed by atoms with van der Waals surface area (Å²) < 4.78 is 10.5. The highest BCUT2D eigenvalue weighted by Gasteiger charge is 2.15. The van der Waals surface area contributed by atoms with Crippen molar-refractivity contribution in [2.45, 2.75) is 13.0 Å². The van der Waals surface area contributed by atoms with Crippen molar-refractivity contribution in [2.24, 2.45) is 0 Å². The Labute approximate surface area is 142 Å². The van der Waals surface area contributed by atoms with Crippen LogP contribution < -0.4 is 10.4 Å². The van der Waals surface area contributed by atoms with Crippen molar-refractivity contribution in [3.8, 4) is 16.9 Å². The molecule has 0 amide bonds. The van der Waals surface area contributed by atoms with Crippen LogP contribution in [0.5, 0.6) is 5.75 Å². The van der Waals surface area contributed by atoms with Crippen LogP contribution in [0, 0.1) is 0 Å². The summed E-state index contributed by atoms with van der Waals surface area (Å²) in [6.45, 7) is 1.42. The van der Waals surface area contributed by atoms with Gasteiger partial charge in [0.15, 0.2) is 6.10 Å². The van der Waals surface area contributed by atoms with E-state index in [2.05, 4.69) is 0 Å². The van der Waals surface area contributed by atoms with E-state index in [0.717, 1.165) is 0 Å². The van der Waals surface area contributed by atoms with Crippen LogP contribution in [0.4, 0.5) is 0 Å². The highest BCUT2D eigenvalue weighted by molar-refractivity contribution is 6.33. The number of benzene rings is 2. The van der Waals surface area contributed by atoms with Gasteiger partial charge in [0.1, 0.15) is 11.3 Å². The van der Waals surface area contributed by atoms with Gasteiger partial charge in [0.25, 0.3) is 0 Å². The lowest BCUT2D eigenvalue weighted by Crippen LogP contribution is -2.22. The Morgan fingerprint density at radius 1 is 1.17 bits per heavy atom. The summed E-state index contributed by atoms with van der Waals surface area (Å²) in [5.74, 6) is -0.779. The minimum absolute atomic E-state index is 0.299. The van der Waals surface area contributed by atoms with Gasteiger partial charge in [-0.05, 0) is 25.1 Å². The van der Waals surface area contributed by atoms with Crippen molar-refractivity contribution in [2.75, 3.05) is 0 Å². The summed E-state index contributed by atoms with van der Waals surface area (Å²) in [5, 5.41) is 10.1. The second kappa shape index (κ2) is 6.37. The van der Waals surface area contributed by atoms with Gasteiger partial charge in [-0.25, -0.2) is 9.59 Å². The van der Waals surface area contributed by atoms with E-state index in [1.807, 2.05) is 12.1 Å². The molecular formula is C18H13ClO5. The largest absolute Gasteiger partial charge is 0.479 e. The van der Waals surface area contributed by atoms with Gasteiger partial charge < -0.3 is 14.3 Å². The van der Waals surface area contributed by atoms with Crippen LogP contribution in [-0.2, 0) is 4.79 Å². The summed E-state index contributed by atoms with van der Waals surface area (Å²) in [6, 6.07) is 13.4. The second-order valence-electron chi connectivity index (χ2n) is 5.22. The van der Waals surface area contributed by atoms with E-state index in [1.54, 1.807) is 24.3 Å². The normalized spacial score (nSPS) is 12.1. The van der Waals surface area contributed by atoms with Crippen molar-refractivity contribution in [1.82, 2.24) is 0 Å². The zero-order chi connectivity index (χ0) is 17.3. The molecule has 1 heterocycles.